The van der Waals surface area contributed by atoms with Crippen LogP contribution in [0.2, 0.25) is 0 Å². The van der Waals surface area contributed by atoms with Crippen LogP contribution in [0.5, 0.6) is 0 Å². The maximum atomic E-state index is 11.9. The number of rotatable bonds is 4. The number of amides is 1. The highest BCUT2D eigenvalue weighted by molar-refractivity contribution is 7.80. The van der Waals surface area contributed by atoms with E-state index in [2.05, 4.69) is 15.5 Å². The SMILES string of the molecule is Cc1[nH]ncc1CNC(=O)C1(C(N)=S)CC1. The second kappa shape index (κ2) is 3.86. The number of hydrogen-bond donors (Lipinski definition) is 3. The minimum atomic E-state index is -0.576. The maximum Gasteiger partial charge on any atom is 0.233 e. The van der Waals surface area contributed by atoms with Crippen molar-refractivity contribution in [2.24, 2.45) is 11.1 Å². The van der Waals surface area contributed by atoms with Crippen molar-refractivity contribution in [2.45, 2.75) is 26.3 Å². The zero-order valence-corrected chi connectivity index (χ0v) is 9.86. The molecule has 2 rings (SSSR count). The molecule has 1 saturated carbocycles. The van der Waals surface area contributed by atoms with E-state index < -0.39 is 5.41 Å². The lowest BCUT2D eigenvalue weighted by atomic mass is 10.1. The zero-order chi connectivity index (χ0) is 11.8. The summed E-state index contributed by atoms with van der Waals surface area (Å²) in [5, 5.41) is 9.55. The molecule has 0 spiro atoms. The first kappa shape index (κ1) is 11.1. The van der Waals surface area contributed by atoms with Crippen LogP contribution >= 0.6 is 12.2 Å². The van der Waals surface area contributed by atoms with Gasteiger partial charge in [-0.1, -0.05) is 12.2 Å². The third kappa shape index (κ3) is 1.80. The molecule has 16 heavy (non-hydrogen) atoms. The molecule has 0 saturated heterocycles. The largest absolute Gasteiger partial charge is 0.392 e. The topological polar surface area (TPSA) is 83.8 Å². The van der Waals surface area contributed by atoms with Gasteiger partial charge in [0.15, 0.2) is 0 Å². The Balaban J connectivity index is 1.95. The van der Waals surface area contributed by atoms with Crippen LogP contribution < -0.4 is 11.1 Å². The van der Waals surface area contributed by atoms with E-state index in [-0.39, 0.29) is 5.91 Å². The van der Waals surface area contributed by atoms with Crippen molar-refractivity contribution in [3.8, 4) is 0 Å². The number of carbonyl (C=O) groups is 1. The zero-order valence-electron chi connectivity index (χ0n) is 9.04. The van der Waals surface area contributed by atoms with Gasteiger partial charge in [0.05, 0.1) is 16.6 Å². The summed E-state index contributed by atoms with van der Waals surface area (Å²) in [6.07, 6.45) is 3.23. The fourth-order valence-electron chi connectivity index (χ4n) is 1.61. The Kier molecular flexibility index (Phi) is 2.67. The van der Waals surface area contributed by atoms with E-state index in [1.54, 1.807) is 6.20 Å². The monoisotopic (exact) mass is 238 g/mol. The fourth-order valence-corrected chi connectivity index (χ4v) is 1.91. The van der Waals surface area contributed by atoms with Gasteiger partial charge in [-0.2, -0.15) is 5.10 Å². The van der Waals surface area contributed by atoms with Crippen LogP contribution in [-0.4, -0.2) is 21.1 Å². The Hall–Kier alpha value is -1.43. The summed E-state index contributed by atoms with van der Waals surface area (Å²) in [5.74, 6) is -0.0689. The minimum Gasteiger partial charge on any atom is -0.392 e. The summed E-state index contributed by atoms with van der Waals surface area (Å²) in [6.45, 7) is 2.38. The summed E-state index contributed by atoms with van der Waals surface area (Å²) in [7, 11) is 0. The first-order valence-electron chi connectivity index (χ1n) is 5.13. The number of hydrogen-bond acceptors (Lipinski definition) is 3. The van der Waals surface area contributed by atoms with Crippen LogP contribution in [0.25, 0.3) is 0 Å². The summed E-state index contributed by atoms with van der Waals surface area (Å²) in [5.41, 5.74) is 6.93. The van der Waals surface area contributed by atoms with Gasteiger partial charge in [-0.15, -0.1) is 0 Å². The van der Waals surface area contributed by atoms with Crippen LogP contribution in [-0.2, 0) is 11.3 Å². The Morgan fingerprint density at radius 1 is 1.75 bits per heavy atom. The molecule has 1 aliphatic carbocycles. The van der Waals surface area contributed by atoms with Crippen LogP contribution in [0, 0.1) is 12.3 Å². The second-order valence-electron chi connectivity index (χ2n) is 4.15. The molecule has 0 radical (unpaired) electrons. The predicted octanol–water partition coefficient (Wildman–Crippen LogP) is 0.401. The number of aryl methyl sites for hydroxylation is 1. The minimum absolute atomic E-state index is 0.0689. The molecule has 1 amide bonds. The van der Waals surface area contributed by atoms with Crippen molar-refractivity contribution in [3.05, 3.63) is 17.5 Å². The van der Waals surface area contributed by atoms with Gasteiger partial charge >= 0.3 is 0 Å². The van der Waals surface area contributed by atoms with Crippen molar-refractivity contribution in [1.29, 1.82) is 0 Å². The van der Waals surface area contributed by atoms with E-state index in [1.165, 1.54) is 0 Å². The summed E-state index contributed by atoms with van der Waals surface area (Å²) in [6, 6.07) is 0. The standard InChI is InChI=1S/C10H14N4OS/c1-6-7(5-13-14-6)4-12-9(15)10(2-3-10)8(11)16/h5H,2-4H2,1H3,(H2,11,16)(H,12,15)(H,13,14). The van der Waals surface area contributed by atoms with E-state index in [0.29, 0.717) is 11.5 Å². The third-order valence-corrected chi connectivity index (χ3v) is 3.42. The van der Waals surface area contributed by atoms with E-state index in [0.717, 1.165) is 24.1 Å². The summed E-state index contributed by atoms with van der Waals surface area (Å²) < 4.78 is 0. The molecule has 1 aliphatic rings. The molecule has 0 bridgehead atoms. The summed E-state index contributed by atoms with van der Waals surface area (Å²) >= 11 is 4.91. The normalized spacial score (nSPS) is 16.8. The molecule has 1 aromatic heterocycles. The molecule has 0 aromatic carbocycles. The van der Waals surface area contributed by atoms with Gasteiger partial charge in [0, 0.05) is 17.8 Å². The van der Waals surface area contributed by atoms with Gasteiger partial charge < -0.3 is 11.1 Å². The number of nitrogens with one attached hydrogen (secondary N) is 2. The van der Waals surface area contributed by atoms with Gasteiger partial charge in [-0.05, 0) is 19.8 Å². The molecule has 0 aliphatic heterocycles. The maximum absolute atomic E-state index is 11.9. The van der Waals surface area contributed by atoms with Crippen LogP contribution in [0.4, 0.5) is 0 Å². The highest BCUT2D eigenvalue weighted by Crippen LogP contribution is 2.46. The van der Waals surface area contributed by atoms with Crippen LogP contribution in [0.3, 0.4) is 0 Å². The highest BCUT2D eigenvalue weighted by atomic mass is 32.1. The Morgan fingerprint density at radius 3 is 2.88 bits per heavy atom. The molecule has 1 heterocycles. The second-order valence-corrected chi connectivity index (χ2v) is 4.59. The number of aromatic nitrogens is 2. The van der Waals surface area contributed by atoms with Crippen LogP contribution in [0.1, 0.15) is 24.1 Å². The number of H-pyrrole nitrogens is 1. The van der Waals surface area contributed by atoms with Gasteiger partial charge in [0.25, 0.3) is 0 Å². The summed E-state index contributed by atoms with van der Waals surface area (Å²) in [4.78, 5) is 12.2. The van der Waals surface area contributed by atoms with E-state index in [9.17, 15) is 4.79 Å². The molecule has 4 N–H and O–H groups in total. The molecular formula is C10H14N4OS. The lowest BCUT2D eigenvalue weighted by molar-refractivity contribution is -0.124. The predicted molar refractivity (Wildman–Crippen MR) is 63.6 cm³/mol. The number of aromatic amines is 1. The average Bonchev–Trinajstić information content (AvgIpc) is 2.95. The molecule has 5 nitrogen and oxygen atoms in total. The van der Waals surface area contributed by atoms with Crippen LogP contribution in [0.15, 0.2) is 6.20 Å². The fraction of sp³-hybridized carbons (Fsp3) is 0.500. The smallest absolute Gasteiger partial charge is 0.233 e. The average molecular weight is 238 g/mol. The van der Waals surface area contributed by atoms with Gasteiger partial charge in [0.1, 0.15) is 0 Å². The number of nitrogens with two attached hydrogens (primary N) is 1. The number of thiocarbonyl (C=S) groups is 1. The third-order valence-electron chi connectivity index (χ3n) is 3.03. The number of carbonyl (C=O) groups excluding carboxylic acids is 1. The van der Waals surface area contributed by atoms with Gasteiger partial charge in [-0.25, -0.2) is 0 Å². The molecule has 0 atom stereocenters. The highest BCUT2D eigenvalue weighted by Gasteiger charge is 2.52. The van der Waals surface area contributed by atoms with Crippen molar-refractivity contribution in [1.82, 2.24) is 15.5 Å². The Labute approximate surface area is 98.8 Å². The van der Waals surface area contributed by atoms with E-state index >= 15 is 0 Å². The molecule has 0 unspecified atom stereocenters. The Morgan fingerprint density at radius 2 is 2.44 bits per heavy atom. The van der Waals surface area contributed by atoms with E-state index in [1.807, 2.05) is 6.92 Å². The molecule has 86 valence electrons. The molecule has 1 aromatic rings. The lowest BCUT2D eigenvalue weighted by Crippen LogP contribution is -2.39. The molecular weight excluding hydrogens is 224 g/mol. The lowest BCUT2D eigenvalue weighted by Gasteiger charge is -2.13. The Bertz CT molecular complexity index is 436. The quantitative estimate of drug-likeness (QED) is 0.663. The van der Waals surface area contributed by atoms with Crippen molar-refractivity contribution in [2.75, 3.05) is 0 Å². The first-order chi connectivity index (χ1) is 7.56. The van der Waals surface area contributed by atoms with Gasteiger partial charge in [0.2, 0.25) is 5.91 Å². The molecule has 6 heteroatoms. The molecule has 1 fully saturated rings. The van der Waals surface area contributed by atoms with Crippen molar-refractivity contribution < 1.29 is 4.79 Å². The first-order valence-corrected chi connectivity index (χ1v) is 5.54. The van der Waals surface area contributed by atoms with Gasteiger partial charge in [-0.3, -0.25) is 9.89 Å². The number of nitrogens with zero attached hydrogens (tertiary/aromatic N) is 1. The van der Waals surface area contributed by atoms with Crippen molar-refractivity contribution in [3.63, 3.8) is 0 Å². The van der Waals surface area contributed by atoms with Crippen molar-refractivity contribution >= 4 is 23.1 Å². The van der Waals surface area contributed by atoms with E-state index in [4.69, 9.17) is 18.0 Å².